The highest BCUT2D eigenvalue weighted by Gasteiger charge is 2.09. The fourth-order valence-electron chi connectivity index (χ4n) is 1.01. The number of hydrogen-bond acceptors (Lipinski definition) is 4. The lowest BCUT2D eigenvalue weighted by atomic mass is 10.2. The molecule has 0 aliphatic carbocycles. The fourth-order valence-corrected chi connectivity index (χ4v) is 1.18. The van der Waals surface area contributed by atoms with E-state index in [0.717, 1.165) is 18.5 Å². The summed E-state index contributed by atoms with van der Waals surface area (Å²) >= 11 is 1.46. The fraction of sp³-hybridized carbons (Fsp3) is 0.400. The molecular formula is C10H14N2OS. The number of allylic oxidation sites excluding steroid dienone is 1. The van der Waals surface area contributed by atoms with E-state index in [4.69, 9.17) is 4.74 Å². The van der Waals surface area contributed by atoms with Crippen LogP contribution in [0.5, 0.6) is 0 Å². The summed E-state index contributed by atoms with van der Waals surface area (Å²) in [4.78, 5) is 8.26. The van der Waals surface area contributed by atoms with Crippen LogP contribution in [0.25, 0.3) is 0 Å². The molecule has 0 amide bonds. The molecular weight excluding hydrogens is 196 g/mol. The Hall–Kier alpha value is -1.03. The molecule has 1 aliphatic heterocycles. The molecule has 0 spiro atoms. The predicted molar refractivity (Wildman–Crippen MR) is 62.9 cm³/mol. The van der Waals surface area contributed by atoms with Gasteiger partial charge in [-0.3, -0.25) is 9.98 Å². The first kappa shape index (κ1) is 11.0. The van der Waals surface area contributed by atoms with Gasteiger partial charge < -0.3 is 4.74 Å². The van der Waals surface area contributed by atoms with E-state index >= 15 is 0 Å². The Bertz CT molecular complexity index is 305. The van der Waals surface area contributed by atoms with Gasteiger partial charge in [0.15, 0.2) is 5.09 Å². The molecule has 0 aromatic heterocycles. The highest BCUT2D eigenvalue weighted by Crippen LogP contribution is 2.16. The number of nitrogens with zero attached hydrogens (tertiary/aromatic N) is 2. The number of aliphatic imine (C=N–C) groups is 2. The van der Waals surface area contributed by atoms with Crippen LogP contribution in [0.2, 0.25) is 0 Å². The van der Waals surface area contributed by atoms with Gasteiger partial charge in [0.25, 0.3) is 0 Å². The smallest absolute Gasteiger partial charge is 0.240 e. The zero-order chi connectivity index (χ0) is 10.4. The maximum atomic E-state index is 5.42. The minimum absolute atomic E-state index is 0.542. The summed E-state index contributed by atoms with van der Waals surface area (Å²) in [6.45, 7) is 3.74. The summed E-state index contributed by atoms with van der Waals surface area (Å²) in [5, 5.41) is 0.632. The Kier molecular flexibility index (Phi) is 4.46. The van der Waals surface area contributed by atoms with Crippen LogP contribution in [0, 0.1) is 0 Å². The van der Waals surface area contributed by atoms with Crippen LogP contribution in [0.15, 0.2) is 33.4 Å². The highest BCUT2D eigenvalue weighted by atomic mass is 32.2. The van der Waals surface area contributed by atoms with Gasteiger partial charge in [-0.15, -0.1) is 0 Å². The summed E-state index contributed by atoms with van der Waals surface area (Å²) in [7, 11) is 1.69. The second-order valence-corrected chi connectivity index (χ2v) is 3.55. The minimum Gasteiger partial charge on any atom is -0.431 e. The van der Waals surface area contributed by atoms with Gasteiger partial charge >= 0.3 is 0 Å². The maximum Gasteiger partial charge on any atom is 0.240 e. The van der Waals surface area contributed by atoms with Crippen molar-refractivity contribution in [2.24, 2.45) is 9.98 Å². The van der Waals surface area contributed by atoms with Crippen molar-refractivity contribution in [2.75, 3.05) is 13.3 Å². The van der Waals surface area contributed by atoms with E-state index in [0.29, 0.717) is 11.0 Å². The number of ether oxygens (including phenoxy) is 1. The number of thioether (sulfide) groups is 1. The normalized spacial score (nSPS) is 16.4. The van der Waals surface area contributed by atoms with E-state index < -0.39 is 0 Å². The van der Waals surface area contributed by atoms with E-state index in [2.05, 4.69) is 16.6 Å². The van der Waals surface area contributed by atoms with Crippen molar-refractivity contribution in [1.82, 2.24) is 0 Å². The van der Waals surface area contributed by atoms with Crippen LogP contribution in [0.4, 0.5) is 0 Å². The van der Waals surface area contributed by atoms with Crippen LogP contribution in [0.3, 0.4) is 0 Å². The molecule has 0 saturated carbocycles. The Morgan fingerprint density at radius 2 is 2.43 bits per heavy atom. The van der Waals surface area contributed by atoms with Crippen molar-refractivity contribution >= 4 is 23.9 Å². The van der Waals surface area contributed by atoms with Gasteiger partial charge in [-0.2, -0.15) is 0 Å². The second kappa shape index (κ2) is 5.65. The molecule has 76 valence electrons. The summed E-state index contributed by atoms with van der Waals surface area (Å²) < 4.78 is 5.42. The molecule has 3 nitrogen and oxygen atoms in total. The second-order valence-electron chi connectivity index (χ2n) is 2.69. The first-order chi connectivity index (χ1) is 6.77. The van der Waals surface area contributed by atoms with Crippen molar-refractivity contribution in [3.8, 4) is 0 Å². The SMILES string of the molecule is C=C(OC(=NC)C1=CCCC=N1)SC. The largest absolute Gasteiger partial charge is 0.431 e. The van der Waals surface area contributed by atoms with Gasteiger partial charge in [0.05, 0.1) is 0 Å². The molecule has 0 aromatic rings. The summed E-state index contributed by atoms with van der Waals surface area (Å²) in [5.41, 5.74) is 0.800. The predicted octanol–water partition coefficient (Wildman–Crippen LogP) is 2.61. The van der Waals surface area contributed by atoms with E-state index in [9.17, 15) is 0 Å². The molecule has 0 N–H and O–H groups in total. The molecule has 1 rings (SSSR count). The lowest BCUT2D eigenvalue weighted by molar-refractivity contribution is 0.457. The van der Waals surface area contributed by atoms with Crippen LogP contribution in [-0.4, -0.2) is 25.4 Å². The van der Waals surface area contributed by atoms with Gasteiger partial charge in [0.2, 0.25) is 5.90 Å². The molecule has 0 saturated heterocycles. The molecule has 4 heteroatoms. The van der Waals surface area contributed by atoms with E-state index in [-0.39, 0.29) is 0 Å². The molecule has 14 heavy (non-hydrogen) atoms. The van der Waals surface area contributed by atoms with Gasteiger partial charge in [-0.05, 0) is 25.7 Å². The molecule has 0 fully saturated rings. The Labute approximate surface area is 88.7 Å². The Morgan fingerprint density at radius 3 is 2.93 bits per heavy atom. The summed E-state index contributed by atoms with van der Waals surface area (Å²) in [6, 6.07) is 0. The van der Waals surface area contributed by atoms with Crippen molar-refractivity contribution in [3.05, 3.63) is 23.4 Å². The standard InChI is InChI=1S/C10H14N2OS/c1-8(14-3)13-10(11-2)9-6-4-5-7-12-9/h6-7H,1,4-5H2,2-3H3. The summed E-state index contributed by atoms with van der Waals surface area (Å²) in [5.74, 6) is 0.542. The van der Waals surface area contributed by atoms with Crippen molar-refractivity contribution < 1.29 is 4.74 Å². The topological polar surface area (TPSA) is 34.0 Å². The zero-order valence-corrected chi connectivity index (χ0v) is 9.30. The molecule has 0 bridgehead atoms. The third kappa shape index (κ3) is 3.03. The van der Waals surface area contributed by atoms with Gasteiger partial charge in [-0.1, -0.05) is 17.8 Å². The van der Waals surface area contributed by atoms with Gasteiger partial charge in [-0.25, -0.2) is 0 Å². The van der Waals surface area contributed by atoms with Gasteiger partial charge in [0, 0.05) is 13.3 Å². The van der Waals surface area contributed by atoms with Crippen LogP contribution in [-0.2, 0) is 4.74 Å². The molecule has 1 aliphatic rings. The zero-order valence-electron chi connectivity index (χ0n) is 8.49. The first-order valence-corrected chi connectivity index (χ1v) is 5.61. The Balaban J connectivity index is 2.68. The third-order valence-electron chi connectivity index (χ3n) is 1.72. The lowest BCUT2D eigenvalue weighted by Gasteiger charge is -2.10. The van der Waals surface area contributed by atoms with Crippen LogP contribution < -0.4 is 0 Å². The quantitative estimate of drug-likeness (QED) is 0.407. The summed E-state index contributed by atoms with van der Waals surface area (Å²) in [6.07, 6.45) is 7.80. The van der Waals surface area contributed by atoms with Crippen molar-refractivity contribution in [1.29, 1.82) is 0 Å². The lowest BCUT2D eigenvalue weighted by Crippen LogP contribution is -2.07. The third-order valence-corrected chi connectivity index (χ3v) is 2.26. The molecule has 0 aromatic carbocycles. The van der Waals surface area contributed by atoms with Crippen molar-refractivity contribution in [3.63, 3.8) is 0 Å². The van der Waals surface area contributed by atoms with Crippen LogP contribution >= 0.6 is 11.8 Å². The van der Waals surface area contributed by atoms with E-state index in [1.807, 2.05) is 18.5 Å². The average Bonchev–Trinajstić information content (AvgIpc) is 2.26. The number of rotatable bonds is 3. The molecule has 0 atom stereocenters. The molecule has 1 heterocycles. The number of hydrogen-bond donors (Lipinski definition) is 0. The van der Waals surface area contributed by atoms with Crippen molar-refractivity contribution in [2.45, 2.75) is 12.8 Å². The first-order valence-electron chi connectivity index (χ1n) is 4.38. The van der Waals surface area contributed by atoms with E-state index in [1.165, 1.54) is 11.8 Å². The Morgan fingerprint density at radius 1 is 1.64 bits per heavy atom. The maximum absolute atomic E-state index is 5.42. The van der Waals surface area contributed by atoms with E-state index in [1.54, 1.807) is 7.05 Å². The minimum atomic E-state index is 0.542. The highest BCUT2D eigenvalue weighted by molar-refractivity contribution is 8.02. The van der Waals surface area contributed by atoms with Gasteiger partial charge in [0.1, 0.15) is 5.70 Å². The van der Waals surface area contributed by atoms with Crippen LogP contribution in [0.1, 0.15) is 12.8 Å². The molecule has 0 unspecified atom stereocenters. The molecule has 0 radical (unpaired) electrons. The average molecular weight is 210 g/mol. The monoisotopic (exact) mass is 210 g/mol.